The summed E-state index contributed by atoms with van der Waals surface area (Å²) in [6.07, 6.45) is 1.49. The van der Waals surface area contributed by atoms with Crippen LogP contribution in [0.2, 0.25) is 0 Å². The average molecular weight is 370 g/mol. The van der Waals surface area contributed by atoms with Gasteiger partial charge in [-0.25, -0.2) is 18.6 Å². The van der Waals surface area contributed by atoms with Crippen molar-refractivity contribution in [3.63, 3.8) is 0 Å². The maximum atomic E-state index is 13.3. The van der Waals surface area contributed by atoms with Crippen LogP contribution in [0.1, 0.15) is 17.3 Å². The van der Waals surface area contributed by atoms with Gasteiger partial charge in [-0.1, -0.05) is 12.1 Å². The Morgan fingerprint density at radius 3 is 2.67 bits per heavy atom. The van der Waals surface area contributed by atoms with Gasteiger partial charge in [-0.15, -0.1) is 0 Å². The highest BCUT2D eigenvalue weighted by Gasteiger charge is 2.13. The van der Waals surface area contributed by atoms with Crippen LogP contribution >= 0.6 is 0 Å². The summed E-state index contributed by atoms with van der Waals surface area (Å²) in [5.74, 6) is -1.76. The molecule has 0 unspecified atom stereocenters. The van der Waals surface area contributed by atoms with E-state index in [2.05, 4.69) is 20.6 Å². The van der Waals surface area contributed by atoms with E-state index < -0.39 is 17.6 Å². The van der Waals surface area contributed by atoms with E-state index in [1.165, 1.54) is 12.3 Å². The van der Waals surface area contributed by atoms with E-state index in [1.54, 1.807) is 37.3 Å². The largest absolute Gasteiger partial charge is 0.462 e. The predicted molar refractivity (Wildman–Crippen MR) is 97.4 cm³/mol. The normalized spacial score (nSPS) is 10.3. The van der Waals surface area contributed by atoms with Gasteiger partial charge >= 0.3 is 5.97 Å². The first kappa shape index (κ1) is 18.2. The summed E-state index contributed by atoms with van der Waals surface area (Å²) in [4.78, 5) is 20.4. The Morgan fingerprint density at radius 1 is 1.07 bits per heavy atom. The third-order valence-corrected chi connectivity index (χ3v) is 3.52. The van der Waals surface area contributed by atoms with E-state index in [4.69, 9.17) is 4.74 Å². The van der Waals surface area contributed by atoms with Crippen LogP contribution in [0.4, 0.5) is 31.9 Å². The van der Waals surface area contributed by atoms with Crippen LogP contribution in [0.15, 0.2) is 54.7 Å². The lowest BCUT2D eigenvalue weighted by Crippen LogP contribution is -2.09. The molecule has 0 saturated carbocycles. The van der Waals surface area contributed by atoms with Crippen LogP contribution in [0, 0.1) is 11.6 Å². The van der Waals surface area contributed by atoms with Crippen molar-refractivity contribution in [2.75, 3.05) is 17.2 Å². The number of rotatable bonds is 6. The Labute approximate surface area is 154 Å². The number of hydrogen-bond acceptors (Lipinski definition) is 6. The minimum absolute atomic E-state index is 0.222. The number of carbonyl (C=O) groups excluding carboxylic acids is 1. The summed E-state index contributed by atoms with van der Waals surface area (Å²) in [7, 11) is 0. The number of aromatic nitrogens is 2. The number of carbonyl (C=O) groups is 1. The summed E-state index contributed by atoms with van der Waals surface area (Å²) in [6, 6.07) is 11.8. The number of hydrogen-bond donors (Lipinski definition) is 2. The van der Waals surface area contributed by atoms with Gasteiger partial charge in [-0.05, 0) is 37.3 Å². The Kier molecular flexibility index (Phi) is 5.55. The molecule has 0 bridgehead atoms. The molecular formula is C19H16F2N4O2. The molecule has 0 amide bonds. The number of halogens is 2. The number of benzene rings is 2. The van der Waals surface area contributed by atoms with Crippen LogP contribution in [0.5, 0.6) is 0 Å². The standard InChI is InChI=1S/C19H16F2N4O2/c1-2-27-18(26)13-5-3-4-6-16(13)24-19-22-10-9-17(25-19)23-12-7-8-14(20)15(21)11-12/h3-11H,2H2,1H3,(H2,22,23,24,25). The van der Waals surface area contributed by atoms with Gasteiger partial charge in [0.1, 0.15) is 5.82 Å². The molecule has 1 heterocycles. The molecule has 27 heavy (non-hydrogen) atoms. The van der Waals surface area contributed by atoms with Crippen molar-refractivity contribution in [1.29, 1.82) is 0 Å². The van der Waals surface area contributed by atoms with Crippen LogP contribution in [-0.4, -0.2) is 22.5 Å². The smallest absolute Gasteiger partial charge is 0.340 e. The minimum atomic E-state index is -0.962. The molecule has 0 radical (unpaired) electrons. The van der Waals surface area contributed by atoms with E-state index in [0.717, 1.165) is 12.1 Å². The molecule has 1 aromatic heterocycles. The SMILES string of the molecule is CCOC(=O)c1ccccc1Nc1nccc(Nc2ccc(F)c(F)c2)n1. The first-order valence-electron chi connectivity index (χ1n) is 8.15. The summed E-state index contributed by atoms with van der Waals surface area (Å²) < 4.78 is 31.4. The quantitative estimate of drug-likeness (QED) is 0.626. The van der Waals surface area contributed by atoms with Gasteiger partial charge in [0.05, 0.1) is 17.9 Å². The van der Waals surface area contributed by atoms with Gasteiger partial charge < -0.3 is 15.4 Å². The molecule has 2 N–H and O–H groups in total. The summed E-state index contributed by atoms with van der Waals surface area (Å²) in [5, 5.41) is 5.83. The Bertz CT molecular complexity index is 966. The molecule has 3 rings (SSSR count). The fraction of sp³-hybridized carbons (Fsp3) is 0.105. The fourth-order valence-corrected chi connectivity index (χ4v) is 2.31. The van der Waals surface area contributed by atoms with Gasteiger partial charge in [0.15, 0.2) is 11.6 Å². The highest BCUT2D eigenvalue weighted by Crippen LogP contribution is 2.22. The van der Waals surface area contributed by atoms with Crippen molar-refractivity contribution in [2.24, 2.45) is 0 Å². The summed E-state index contributed by atoms with van der Waals surface area (Å²) >= 11 is 0. The number of esters is 1. The molecular weight excluding hydrogens is 354 g/mol. The molecule has 3 aromatic rings. The molecule has 0 aliphatic rings. The van der Waals surface area contributed by atoms with Crippen molar-refractivity contribution in [3.8, 4) is 0 Å². The molecule has 6 nitrogen and oxygen atoms in total. The zero-order valence-corrected chi connectivity index (χ0v) is 14.4. The van der Waals surface area contributed by atoms with Crippen LogP contribution in [0.25, 0.3) is 0 Å². The number of para-hydroxylation sites is 1. The van der Waals surface area contributed by atoms with Crippen molar-refractivity contribution >= 4 is 29.1 Å². The molecule has 0 fully saturated rings. The van der Waals surface area contributed by atoms with Crippen LogP contribution in [-0.2, 0) is 4.74 Å². The average Bonchev–Trinajstić information content (AvgIpc) is 2.66. The zero-order chi connectivity index (χ0) is 19.2. The maximum Gasteiger partial charge on any atom is 0.340 e. The zero-order valence-electron chi connectivity index (χ0n) is 14.4. The van der Waals surface area contributed by atoms with Crippen molar-refractivity contribution in [1.82, 2.24) is 9.97 Å². The molecule has 8 heteroatoms. The monoisotopic (exact) mass is 370 g/mol. The van der Waals surface area contributed by atoms with Crippen molar-refractivity contribution in [3.05, 3.63) is 71.9 Å². The second-order valence-electron chi connectivity index (χ2n) is 5.41. The van der Waals surface area contributed by atoms with Crippen molar-refractivity contribution in [2.45, 2.75) is 6.92 Å². The fourth-order valence-electron chi connectivity index (χ4n) is 2.31. The van der Waals surface area contributed by atoms with E-state index >= 15 is 0 Å². The Hall–Kier alpha value is -3.55. The van der Waals surface area contributed by atoms with Gasteiger partial charge in [-0.3, -0.25) is 0 Å². The topological polar surface area (TPSA) is 76.1 Å². The molecule has 138 valence electrons. The van der Waals surface area contributed by atoms with E-state index in [1.807, 2.05) is 0 Å². The Balaban J connectivity index is 1.80. The first-order valence-corrected chi connectivity index (χ1v) is 8.15. The van der Waals surface area contributed by atoms with Gasteiger partial charge in [0.2, 0.25) is 5.95 Å². The molecule has 0 aliphatic carbocycles. The van der Waals surface area contributed by atoms with Gasteiger partial charge in [0, 0.05) is 18.0 Å². The van der Waals surface area contributed by atoms with Crippen LogP contribution in [0.3, 0.4) is 0 Å². The number of nitrogens with one attached hydrogen (secondary N) is 2. The number of ether oxygens (including phenoxy) is 1. The molecule has 0 saturated heterocycles. The lowest BCUT2D eigenvalue weighted by atomic mass is 10.2. The molecule has 2 aromatic carbocycles. The van der Waals surface area contributed by atoms with E-state index in [9.17, 15) is 13.6 Å². The second-order valence-corrected chi connectivity index (χ2v) is 5.41. The third kappa shape index (κ3) is 4.55. The predicted octanol–water partition coefficient (Wildman–Crippen LogP) is 4.42. The molecule has 0 spiro atoms. The van der Waals surface area contributed by atoms with E-state index in [0.29, 0.717) is 22.8 Å². The molecule has 0 atom stereocenters. The summed E-state index contributed by atoms with van der Waals surface area (Å²) in [5.41, 5.74) is 1.17. The highest BCUT2D eigenvalue weighted by atomic mass is 19.2. The van der Waals surface area contributed by atoms with Crippen molar-refractivity contribution < 1.29 is 18.3 Å². The first-order chi connectivity index (χ1) is 13.1. The van der Waals surface area contributed by atoms with E-state index in [-0.39, 0.29) is 12.6 Å². The number of nitrogens with zero attached hydrogens (tertiary/aromatic N) is 2. The minimum Gasteiger partial charge on any atom is -0.462 e. The third-order valence-electron chi connectivity index (χ3n) is 3.52. The second kappa shape index (κ2) is 8.22. The molecule has 0 aliphatic heterocycles. The highest BCUT2D eigenvalue weighted by molar-refractivity contribution is 5.96. The lowest BCUT2D eigenvalue weighted by molar-refractivity contribution is 0.0527. The van der Waals surface area contributed by atoms with Crippen LogP contribution < -0.4 is 10.6 Å². The lowest BCUT2D eigenvalue weighted by Gasteiger charge is -2.11. The number of anilines is 4. The van der Waals surface area contributed by atoms with Gasteiger partial charge in [0.25, 0.3) is 0 Å². The van der Waals surface area contributed by atoms with Gasteiger partial charge in [-0.2, -0.15) is 4.98 Å². The summed E-state index contributed by atoms with van der Waals surface area (Å²) in [6.45, 7) is 1.99. The Morgan fingerprint density at radius 2 is 1.89 bits per heavy atom. The maximum absolute atomic E-state index is 13.3.